The quantitative estimate of drug-likeness (QED) is 0.663. The number of fused-ring (bicyclic) bond motifs is 1. The Morgan fingerprint density at radius 3 is 2.78 bits per heavy atom. The highest BCUT2D eigenvalue weighted by Crippen LogP contribution is 2.29. The fourth-order valence-corrected chi connectivity index (χ4v) is 2.26. The van der Waals surface area contributed by atoms with Crippen molar-refractivity contribution < 1.29 is 9.52 Å². The van der Waals surface area contributed by atoms with Crippen molar-refractivity contribution in [1.82, 2.24) is 0 Å². The molecule has 0 aliphatic carbocycles. The zero-order valence-corrected chi connectivity index (χ0v) is 10.8. The van der Waals surface area contributed by atoms with Gasteiger partial charge in [-0.1, -0.05) is 25.8 Å². The molecule has 3 heteroatoms. The van der Waals surface area contributed by atoms with Gasteiger partial charge in [0.25, 0.3) is 0 Å². The molecule has 0 spiro atoms. The summed E-state index contributed by atoms with van der Waals surface area (Å²) in [6.07, 6.45) is 4.07. The molecule has 2 rings (SSSR count). The Bertz CT molecular complexity index is 611. The normalized spacial score (nSPS) is 11.0. The largest absolute Gasteiger partial charge is 0.507 e. The third-order valence-electron chi connectivity index (χ3n) is 3.30. The molecule has 0 amide bonds. The van der Waals surface area contributed by atoms with Crippen molar-refractivity contribution >= 4 is 11.0 Å². The van der Waals surface area contributed by atoms with Crippen LogP contribution in [0.2, 0.25) is 0 Å². The molecule has 3 nitrogen and oxygen atoms in total. The molecule has 1 N–H and O–H groups in total. The highest BCUT2D eigenvalue weighted by molar-refractivity contribution is 5.87. The summed E-state index contributed by atoms with van der Waals surface area (Å²) in [5.74, 6) is 0.186. The number of phenols is 1. The molecular formula is C15H18O3. The lowest BCUT2D eigenvalue weighted by Crippen LogP contribution is -2.08. The Labute approximate surface area is 106 Å². The number of aromatic hydroxyl groups is 1. The number of hydrogen-bond donors (Lipinski definition) is 1. The van der Waals surface area contributed by atoms with Crippen LogP contribution in [0.5, 0.6) is 5.75 Å². The second kappa shape index (κ2) is 5.25. The topological polar surface area (TPSA) is 50.4 Å². The van der Waals surface area contributed by atoms with Crippen molar-refractivity contribution in [3.05, 3.63) is 39.7 Å². The SMILES string of the molecule is CCCCCc1c(C)c(=O)oc2cccc(O)c12. The van der Waals surface area contributed by atoms with E-state index < -0.39 is 0 Å². The smallest absolute Gasteiger partial charge is 0.339 e. The van der Waals surface area contributed by atoms with Crippen molar-refractivity contribution in [2.24, 2.45) is 0 Å². The molecule has 0 saturated heterocycles. The van der Waals surface area contributed by atoms with Gasteiger partial charge in [0.05, 0.1) is 5.39 Å². The first-order valence-corrected chi connectivity index (χ1v) is 6.39. The van der Waals surface area contributed by atoms with Crippen molar-refractivity contribution in [2.45, 2.75) is 39.5 Å². The molecule has 2 aromatic rings. The van der Waals surface area contributed by atoms with Gasteiger partial charge >= 0.3 is 5.63 Å². The molecule has 0 bridgehead atoms. The Balaban J connectivity index is 2.60. The van der Waals surface area contributed by atoms with E-state index in [1.165, 1.54) is 0 Å². The van der Waals surface area contributed by atoms with Crippen LogP contribution in [0.4, 0.5) is 0 Å². The second-order valence-corrected chi connectivity index (χ2v) is 4.60. The zero-order chi connectivity index (χ0) is 13.1. The molecule has 0 atom stereocenters. The summed E-state index contributed by atoms with van der Waals surface area (Å²) in [6.45, 7) is 3.90. The molecule has 1 aromatic carbocycles. The van der Waals surface area contributed by atoms with Gasteiger partial charge in [-0.2, -0.15) is 0 Å². The monoisotopic (exact) mass is 246 g/mol. The van der Waals surface area contributed by atoms with Crippen LogP contribution in [0.1, 0.15) is 37.3 Å². The zero-order valence-electron chi connectivity index (χ0n) is 10.8. The third kappa shape index (κ3) is 2.26. The first-order valence-electron chi connectivity index (χ1n) is 6.39. The van der Waals surface area contributed by atoms with E-state index in [1.54, 1.807) is 25.1 Å². The summed E-state index contributed by atoms with van der Waals surface area (Å²) in [5, 5.41) is 10.6. The molecule has 0 saturated carbocycles. The molecule has 18 heavy (non-hydrogen) atoms. The average Bonchev–Trinajstić information content (AvgIpc) is 2.34. The van der Waals surface area contributed by atoms with E-state index in [0.717, 1.165) is 31.2 Å². The summed E-state index contributed by atoms with van der Waals surface area (Å²) >= 11 is 0. The predicted octanol–water partition coefficient (Wildman–Crippen LogP) is 3.54. The summed E-state index contributed by atoms with van der Waals surface area (Å²) in [5.41, 5.74) is 1.70. The van der Waals surface area contributed by atoms with Gasteiger partial charge in [-0.15, -0.1) is 0 Å². The third-order valence-corrected chi connectivity index (χ3v) is 3.30. The van der Waals surface area contributed by atoms with Crippen LogP contribution in [-0.2, 0) is 6.42 Å². The van der Waals surface area contributed by atoms with Gasteiger partial charge in [-0.3, -0.25) is 0 Å². The Kier molecular flexibility index (Phi) is 3.70. The minimum atomic E-state index is -0.306. The van der Waals surface area contributed by atoms with E-state index in [4.69, 9.17) is 4.42 Å². The molecule has 0 radical (unpaired) electrons. The highest BCUT2D eigenvalue weighted by atomic mass is 16.4. The minimum absolute atomic E-state index is 0.186. The molecule has 0 aliphatic heterocycles. The first kappa shape index (κ1) is 12.7. The second-order valence-electron chi connectivity index (χ2n) is 4.60. The Hall–Kier alpha value is -1.77. The minimum Gasteiger partial charge on any atom is -0.507 e. The number of rotatable bonds is 4. The van der Waals surface area contributed by atoms with Crippen molar-refractivity contribution in [2.75, 3.05) is 0 Å². The lowest BCUT2D eigenvalue weighted by Gasteiger charge is -2.09. The van der Waals surface area contributed by atoms with Crippen LogP contribution in [0.25, 0.3) is 11.0 Å². The van der Waals surface area contributed by atoms with E-state index in [0.29, 0.717) is 16.5 Å². The van der Waals surface area contributed by atoms with Crippen molar-refractivity contribution in [3.63, 3.8) is 0 Å². The van der Waals surface area contributed by atoms with Crippen LogP contribution in [0.3, 0.4) is 0 Å². The van der Waals surface area contributed by atoms with Gasteiger partial charge < -0.3 is 9.52 Å². The Morgan fingerprint density at radius 2 is 2.06 bits per heavy atom. The maximum atomic E-state index is 11.7. The maximum absolute atomic E-state index is 11.7. The molecular weight excluding hydrogens is 228 g/mol. The molecule has 0 unspecified atom stereocenters. The predicted molar refractivity (Wildman–Crippen MR) is 72.1 cm³/mol. The van der Waals surface area contributed by atoms with Crippen molar-refractivity contribution in [3.8, 4) is 5.75 Å². The summed E-state index contributed by atoms with van der Waals surface area (Å²) in [7, 11) is 0. The first-order chi connectivity index (χ1) is 8.65. The number of hydrogen-bond acceptors (Lipinski definition) is 3. The van der Waals surface area contributed by atoms with Gasteiger partial charge in [-0.05, 0) is 37.5 Å². The Morgan fingerprint density at radius 1 is 1.28 bits per heavy atom. The number of phenolic OH excluding ortho intramolecular Hbond substituents is 1. The number of benzene rings is 1. The molecule has 1 heterocycles. The fraction of sp³-hybridized carbons (Fsp3) is 0.400. The summed E-state index contributed by atoms with van der Waals surface area (Å²) in [6, 6.07) is 5.04. The fourth-order valence-electron chi connectivity index (χ4n) is 2.26. The van der Waals surface area contributed by atoms with E-state index >= 15 is 0 Å². The molecule has 0 fully saturated rings. The van der Waals surface area contributed by atoms with Crippen molar-refractivity contribution in [1.29, 1.82) is 0 Å². The summed E-state index contributed by atoms with van der Waals surface area (Å²) < 4.78 is 5.20. The number of aryl methyl sites for hydroxylation is 1. The van der Waals surface area contributed by atoms with Gasteiger partial charge in [0.15, 0.2) is 0 Å². The average molecular weight is 246 g/mol. The lowest BCUT2D eigenvalue weighted by atomic mass is 9.99. The molecule has 96 valence electrons. The van der Waals surface area contributed by atoms with E-state index in [9.17, 15) is 9.90 Å². The maximum Gasteiger partial charge on any atom is 0.339 e. The van der Waals surface area contributed by atoms with Gasteiger partial charge in [0.1, 0.15) is 11.3 Å². The van der Waals surface area contributed by atoms with Gasteiger partial charge in [0.2, 0.25) is 0 Å². The van der Waals surface area contributed by atoms with Gasteiger partial charge in [-0.25, -0.2) is 4.79 Å². The van der Waals surface area contributed by atoms with E-state index in [1.807, 2.05) is 0 Å². The van der Waals surface area contributed by atoms with Crippen LogP contribution >= 0.6 is 0 Å². The lowest BCUT2D eigenvalue weighted by molar-refractivity contribution is 0.477. The molecule has 1 aromatic heterocycles. The van der Waals surface area contributed by atoms with E-state index in [2.05, 4.69) is 6.92 Å². The molecule has 0 aliphatic rings. The number of unbranched alkanes of at least 4 members (excludes halogenated alkanes) is 2. The van der Waals surface area contributed by atoms with Crippen LogP contribution < -0.4 is 5.63 Å². The van der Waals surface area contributed by atoms with Crippen LogP contribution in [0, 0.1) is 6.92 Å². The standard InChI is InChI=1S/C15H18O3/c1-3-4-5-7-11-10(2)15(17)18-13-9-6-8-12(16)14(11)13/h6,8-9,16H,3-5,7H2,1-2H3. The van der Waals surface area contributed by atoms with Crippen LogP contribution in [0.15, 0.2) is 27.4 Å². The van der Waals surface area contributed by atoms with E-state index in [-0.39, 0.29) is 11.4 Å². The highest BCUT2D eigenvalue weighted by Gasteiger charge is 2.13. The van der Waals surface area contributed by atoms with Crippen LogP contribution in [-0.4, -0.2) is 5.11 Å². The summed E-state index contributed by atoms with van der Waals surface area (Å²) in [4.78, 5) is 11.7. The van der Waals surface area contributed by atoms with Gasteiger partial charge in [0, 0.05) is 5.56 Å².